The highest BCUT2D eigenvalue weighted by Crippen LogP contribution is 2.38. The number of amides is 1. The molecule has 8 heteroatoms. The van der Waals surface area contributed by atoms with Gasteiger partial charge in [-0.1, -0.05) is 13.3 Å². The Hall–Kier alpha value is -1.41. The highest BCUT2D eigenvalue weighted by atomic mass is 32.2. The summed E-state index contributed by atoms with van der Waals surface area (Å²) in [6.07, 6.45) is 4.40. The van der Waals surface area contributed by atoms with E-state index in [2.05, 4.69) is 10.2 Å². The summed E-state index contributed by atoms with van der Waals surface area (Å²) in [4.78, 5) is 14.3. The van der Waals surface area contributed by atoms with Gasteiger partial charge in [-0.15, -0.1) is 0 Å². The van der Waals surface area contributed by atoms with Crippen LogP contribution in [0.4, 0.5) is 0 Å². The van der Waals surface area contributed by atoms with E-state index in [4.69, 9.17) is 5.14 Å². The van der Waals surface area contributed by atoms with Gasteiger partial charge in [0, 0.05) is 12.6 Å². The molecule has 0 spiro atoms. The van der Waals surface area contributed by atoms with Crippen molar-refractivity contribution in [1.29, 1.82) is 0 Å². The second kappa shape index (κ2) is 5.10. The number of nitrogens with two attached hydrogens (primary N) is 1. The lowest BCUT2D eigenvalue weighted by atomic mass is 10.1. The van der Waals surface area contributed by atoms with Gasteiger partial charge in [0.05, 0.1) is 5.69 Å². The summed E-state index contributed by atoms with van der Waals surface area (Å²) >= 11 is 0. The molecular weight excluding hydrogens is 292 g/mol. The van der Waals surface area contributed by atoms with Gasteiger partial charge in [0.15, 0.2) is 5.69 Å². The number of H-pyrrole nitrogens is 1. The number of primary sulfonamides is 1. The molecule has 1 amide bonds. The molecular formula is C13H20N4O3S. The Labute approximate surface area is 123 Å². The van der Waals surface area contributed by atoms with Crippen molar-refractivity contribution in [3.63, 3.8) is 0 Å². The number of piperidine rings is 1. The van der Waals surface area contributed by atoms with E-state index < -0.39 is 10.0 Å². The Morgan fingerprint density at radius 2 is 2.24 bits per heavy atom. The van der Waals surface area contributed by atoms with Crippen LogP contribution < -0.4 is 5.14 Å². The molecule has 2 fully saturated rings. The van der Waals surface area contributed by atoms with Gasteiger partial charge >= 0.3 is 0 Å². The number of rotatable bonds is 4. The van der Waals surface area contributed by atoms with Gasteiger partial charge in [0.2, 0.25) is 10.0 Å². The molecule has 1 aliphatic carbocycles. The van der Waals surface area contributed by atoms with Crippen LogP contribution in [0.1, 0.15) is 48.8 Å². The molecule has 1 saturated carbocycles. The van der Waals surface area contributed by atoms with Gasteiger partial charge in [-0.3, -0.25) is 9.89 Å². The van der Waals surface area contributed by atoms with Gasteiger partial charge in [-0.05, 0) is 31.6 Å². The summed E-state index contributed by atoms with van der Waals surface area (Å²) in [5.41, 5.74) is 0.376. The van der Waals surface area contributed by atoms with Crippen molar-refractivity contribution in [2.45, 2.75) is 50.0 Å². The zero-order chi connectivity index (χ0) is 15.2. The molecule has 3 rings (SSSR count). The van der Waals surface area contributed by atoms with Crippen LogP contribution in [0.3, 0.4) is 0 Å². The number of fused-ring (bicyclic) bond motifs is 2. The third-order valence-corrected chi connectivity index (χ3v) is 5.46. The van der Waals surface area contributed by atoms with E-state index in [1.165, 1.54) is 0 Å². The molecule has 2 bridgehead atoms. The van der Waals surface area contributed by atoms with E-state index in [0.29, 0.717) is 24.6 Å². The standard InChI is InChI=1S/C13H20N4O3S/c1-2-3-10-12(21(14,19)20)11(16-15-10)13(18)17-7-8-4-5-9(17)6-8/h8-9H,2-7H2,1H3,(H,15,16)(H2,14,19,20). The molecule has 2 heterocycles. The van der Waals surface area contributed by atoms with Gasteiger partial charge in [-0.25, -0.2) is 13.6 Å². The fraction of sp³-hybridized carbons (Fsp3) is 0.692. The number of carbonyl (C=O) groups excluding carboxylic acids is 1. The van der Waals surface area contributed by atoms with E-state index in [0.717, 1.165) is 25.7 Å². The number of nitrogens with one attached hydrogen (secondary N) is 1. The number of hydrogen-bond acceptors (Lipinski definition) is 4. The van der Waals surface area contributed by atoms with Crippen LogP contribution in [0.5, 0.6) is 0 Å². The average Bonchev–Trinajstić information content (AvgIpc) is 3.11. The van der Waals surface area contributed by atoms with Crippen molar-refractivity contribution in [3.8, 4) is 0 Å². The molecule has 0 radical (unpaired) electrons. The molecule has 2 aliphatic rings. The Morgan fingerprint density at radius 1 is 1.48 bits per heavy atom. The van der Waals surface area contributed by atoms with Crippen molar-refractivity contribution >= 4 is 15.9 Å². The first-order chi connectivity index (χ1) is 9.91. The molecule has 0 aromatic carbocycles. The number of aryl methyl sites for hydroxylation is 1. The quantitative estimate of drug-likeness (QED) is 0.850. The third kappa shape index (κ3) is 2.46. The fourth-order valence-electron chi connectivity index (χ4n) is 3.55. The molecule has 21 heavy (non-hydrogen) atoms. The van der Waals surface area contributed by atoms with Crippen LogP contribution in [0.15, 0.2) is 4.90 Å². The monoisotopic (exact) mass is 312 g/mol. The van der Waals surface area contributed by atoms with E-state index in [-0.39, 0.29) is 22.5 Å². The SMILES string of the molecule is CCCc1[nH]nc(C(=O)N2CC3CCC2C3)c1S(N)(=O)=O. The minimum absolute atomic E-state index is 0.0477. The minimum atomic E-state index is -3.97. The van der Waals surface area contributed by atoms with E-state index in [1.807, 2.05) is 6.92 Å². The number of likely N-dealkylation sites (tertiary alicyclic amines) is 1. The Balaban J connectivity index is 1.97. The topological polar surface area (TPSA) is 109 Å². The largest absolute Gasteiger partial charge is 0.334 e. The summed E-state index contributed by atoms with van der Waals surface area (Å²) in [6.45, 7) is 2.62. The van der Waals surface area contributed by atoms with E-state index in [9.17, 15) is 13.2 Å². The van der Waals surface area contributed by atoms with Crippen molar-refractivity contribution in [2.24, 2.45) is 11.1 Å². The highest BCUT2D eigenvalue weighted by Gasteiger charge is 2.42. The maximum atomic E-state index is 12.6. The Kier molecular flexibility index (Phi) is 3.53. The zero-order valence-electron chi connectivity index (χ0n) is 12.0. The predicted octanol–water partition coefficient (Wildman–Crippen LogP) is 0.634. The maximum Gasteiger partial charge on any atom is 0.276 e. The summed E-state index contributed by atoms with van der Waals surface area (Å²) in [5.74, 6) is 0.232. The fourth-order valence-corrected chi connectivity index (χ4v) is 4.44. The molecule has 1 aliphatic heterocycles. The van der Waals surface area contributed by atoms with Crippen LogP contribution in [0, 0.1) is 5.92 Å². The summed E-state index contributed by atoms with van der Waals surface area (Å²) in [5, 5.41) is 11.9. The van der Waals surface area contributed by atoms with E-state index in [1.54, 1.807) is 4.90 Å². The van der Waals surface area contributed by atoms with Gasteiger partial charge < -0.3 is 4.90 Å². The summed E-state index contributed by atoms with van der Waals surface area (Å²) < 4.78 is 23.7. The van der Waals surface area contributed by atoms with Crippen molar-refractivity contribution in [1.82, 2.24) is 15.1 Å². The third-order valence-electron chi connectivity index (χ3n) is 4.45. The highest BCUT2D eigenvalue weighted by molar-refractivity contribution is 7.89. The van der Waals surface area contributed by atoms with Crippen LogP contribution >= 0.6 is 0 Å². The second-order valence-corrected chi connectivity index (χ2v) is 7.46. The minimum Gasteiger partial charge on any atom is -0.334 e. The molecule has 7 nitrogen and oxygen atoms in total. The van der Waals surface area contributed by atoms with Crippen LogP contribution in [0.2, 0.25) is 0 Å². The number of nitrogens with zero attached hydrogens (tertiary/aromatic N) is 2. The number of carbonyl (C=O) groups is 1. The van der Waals surface area contributed by atoms with Crippen molar-refractivity contribution in [2.75, 3.05) is 6.54 Å². The smallest absolute Gasteiger partial charge is 0.276 e. The molecule has 2 unspecified atom stereocenters. The zero-order valence-corrected chi connectivity index (χ0v) is 12.8. The first-order valence-electron chi connectivity index (χ1n) is 7.32. The maximum absolute atomic E-state index is 12.6. The lowest BCUT2D eigenvalue weighted by Crippen LogP contribution is -2.38. The number of hydrogen-bond donors (Lipinski definition) is 2. The normalized spacial score (nSPS) is 24.8. The summed E-state index contributed by atoms with van der Waals surface area (Å²) in [6, 6.07) is 0.224. The molecule has 116 valence electrons. The number of aromatic nitrogens is 2. The first kappa shape index (κ1) is 14.5. The van der Waals surface area contributed by atoms with E-state index >= 15 is 0 Å². The van der Waals surface area contributed by atoms with Gasteiger partial charge in [-0.2, -0.15) is 5.10 Å². The van der Waals surface area contributed by atoms with Gasteiger partial charge in [0.25, 0.3) is 5.91 Å². The number of aromatic amines is 1. The first-order valence-corrected chi connectivity index (χ1v) is 8.87. The lowest BCUT2D eigenvalue weighted by molar-refractivity contribution is 0.0693. The Bertz CT molecular complexity index is 667. The lowest BCUT2D eigenvalue weighted by Gasteiger charge is -2.26. The molecule has 2 atom stereocenters. The van der Waals surface area contributed by atoms with Crippen molar-refractivity contribution in [3.05, 3.63) is 11.4 Å². The van der Waals surface area contributed by atoms with Crippen LogP contribution in [-0.4, -0.2) is 42.0 Å². The molecule has 3 N–H and O–H groups in total. The van der Waals surface area contributed by atoms with Gasteiger partial charge in [0.1, 0.15) is 4.90 Å². The average molecular weight is 312 g/mol. The van der Waals surface area contributed by atoms with Crippen LogP contribution in [0.25, 0.3) is 0 Å². The molecule has 1 aromatic rings. The predicted molar refractivity (Wildman–Crippen MR) is 76.1 cm³/mol. The molecule has 1 aromatic heterocycles. The molecule has 1 saturated heterocycles. The second-order valence-electron chi connectivity index (χ2n) is 5.97. The van der Waals surface area contributed by atoms with Crippen LogP contribution in [-0.2, 0) is 16.4 Å². The number of sulfonamides is 1. The summed E-state index contributed by atoms with van der Waals surface area (Å²) in [7, 11) is -3.97. The Morgan fingerprint density at radius 3 is 2.76 bits per heavy atom. The van der Waals surface area contributed by atoms with Crippen molar-refractivity contribution < 1.29 is 13.2 Å².